The monoisotopic (exact) mass is 407 g/mol. The zero-order valence-corrected chi connectivity index (χ0v) is 17.6. The molecule has 3 aromatic rings. The number of carbonyl (C=O) groups excluding carboxylic acids is 1. The van der Waals surface area contributed by atoms with Crippen molar-refractivity contribution in [1.82, 2.24) is 29.9 Å². The van der Waals surface area contributed by atoms with Gasteiger partial charge in [0, 0.05) is 18.3 Å². The first-order chi connectivity index (χ1) is 14.4. The lowest BCUT2D eigenvalue weighted by Gasteiger charge is -2.26. The maximum Gasteiger partial charge on any atom is 0.256 e. The number of hydroxylamine groups is 1. The highest BCUT2D eigenvalue weighted by molar-refractivity contribution is 5.98. The number of rotatable bonds is 3. The Morgan fingerprint density at radius 3 is 2.57 bits per heavy atom. The lowest BCUT2D eigenvalue weighted by molar-refractivity contribution is 0.0599. The predicted molar refractivity (Wildman–Crippen MR) is 111 cm³/mol. The number of aryl methyl sites for hydroxylation is 3. The van der Waals surface area contributed by atoms with Crippen LogP contribution in [0.15, 0.2) is 36.7 Å². The molecule has 30 heavy (non-hydrogen) atoms. The summed E-state index contributed by atoms with van der Waals surface area (Å²) < 4.78 is 0. The number of benzene rings is 1. The van der Waals surface area contributed by atoms with Crippen LogP contribution in [-0.4, -0.2) is 61.5 Å². The Morgan fingerprint density at radius 2 is 1.83 bits per heavy atom. The summed E-state index contributed by atoms with van der Waals surface area (Å²) in [6.45, 7) is 9.11. The number of hydrogen-bond donors (Lipinski definition) is 0. The molecule has 1 atom stereocenters. The highest BCUT2D eigenvalue weighted by atomic mass is 16.7. The summed E-state index contributed by atoms with van der Waals surface area (Å²) in [7, 11) is 0. The van der Waals surface area contributed by atoms with Crippen LogP contribution in [0, 0.1) is 20.8 Å². The van der Waals surface area contributed by atoms with Gasteiger partial charge in [0.1, 0.15) is 5.82 Å². The van der Waals surface area contributed by atoms with Crippen molar-refractivity contribution in [1.29, 1.82) is 0 Å². The summed E-state index contributed by atoms with van der Waals surface area (Å²) in [5.41, 5.74) is 3.11. The van der Waals surface area contributed by atoms with Crippen LogP contribution in [0.5, 0.6) is 0 Å². The molecule has 0 N–H and O–H groups in total. The number of carbonyl (C=O) groups is 1. The molecule has 1 aliphatic rings. The summed E-state index contributed by atoms with van der Waals surface area (Å²) in [6.07, 6.45) is 3.19. The first-order valence-electron chi connectivity index (χ1n) is 9.93. The van der Waals surface area contributed by atoms with E-state index in [0.29, 0.717) is 42.6 Å². The van der Waals surface area contributed by atoms with Crippen LogP contribution in [0.2, 0.25) is 0 Å². The van der Waals surface area contributed by atoms with Crippen molar-refractivity contribution in [3.8, 4) is 5.69 Å². The van der Waals surface area contributed by atoms with Crippen LogP contribution in [0.3, 0.4) is 0 Å². The molecule has 1 saturated heterocycles. The third kappa shape index (κ3) is 4.02. The van der Waals surface area contributed by atoms with E-state index >= 15 is 0 Å². The SMILES string of the molecule is Cc1ccc(-n2nccn2)c(C(=O)N2CCN(c3cc(C)nc(C)n3)OC[C@H]2C)c1. The molecule has 0 bridgehead atoms. The zero-order chi connectivity index (χ0) is 21.3. The van der Waals surface area contributed by atoms with Crippen molar-refractivity contribution in [2.24, 2.45) is 0 Å². The summed E-state index contributed by atoms with van der Waals surface area (Å²) >= 11 is 0. The van der Waals surface area contributed by atoms with E-state index in [2.05, 4.69) is 20.2 Å². The van der Waals surface area contributed by atoms with Gasteiger partial charge >= 0.3 is 0 Å². The van der Waals surface area contributed by atoms with E-state index in [0.717, 1.165) is 11.3 Å². The summed E-state index contributed by atoms with van der Waals surface area (Å²) in [5, 5.41) is 10.1. The van der Waals surface area contributed by atoms with Crippen molar-refractivity contribution in [2.45, 2.75) is 33.7 Å². The van der Waals surface area contributed by atoms with Crippen molar-refractivity contribution < 1.29 is 9.63 Å². The van der Waals surface area contributed by atoms with Gasteiger partial charge in [-0.25, -0.2) is 15.0 Å². The van der Waals surface area contributed by atoms with Gasteiger partial charge in [0.05, 0.1) is 42.8 Å². The second-order valence-corrected chi connectivity index (χ2v) is 7.50. The van der Waals surface area contributed by atoms with Gasteiger partial charge in [0.25, 0.3) is 5.91 Å². The molecule has 1 aliphatic heterocycles. The Hall–Kier alpha value is -3.33. The molecular weight excluding hydrogens is 382 g/mol. The normalized spacial score (nSPS) is 17.1. The van der Waals surface area contributed by atoms with Gasteiger partial charge in [-0.2, -0.15) is 15.0 Å². The first kappa shape index (κ1) is 20.0. The van der Waals surface area contributed by atoms with Crippen LogP contribution < -0.4 is 5.06 Å². The molecule has 1 amide bonds. The van der Waals surface area contributed by atoms with Gasteiger partial charge in [0.2, 0.25) is 0 Å². The van der Waals surface area contributed by atoms with Crippen LogP contribution in [0.4, 0.5) is 5.82 Å². The number of nitrogens with zero attached hydrogens (tertiary/aromatic N) is 7. The molecule has 0 radical (unpaired) electrons. The highest BCUT2D eigenvalue weighted by Gasteiger charge is 2.29. The van der Waals surface area contributed by atoms with Crippen molar-refractivity contribution in [3.05, 3.63) is 59.3 Å². The summed E-state index contributed by atoms with van der Waals surface area (Å²) in [4.78, 5) is 31.6. The van der Waals surface area contributed by atoms with Crippen LogP contribution in [0.25, 0.3) is 5.69 Å². The summed E-state index contributed by atoms with van der Waals surface area (Å²) in [6, 6.07) is 7.49. The third-order valence-electron chi connectivity index (χ3n) is 5.03. The van der Waals surface area contributed by atoms with Gasteiger partial charge in [-0.05, 0) is 39.8 Å². The van der Waals surface area contributed by atoms with Gasteiger partial charge in [-0.1, -0.05) is 11.6 Å². The van der Waals surface area contributed by atoms with E-state index in [1.165, 1.54) is 4.80 Å². The Balaban J connectivity index is 1.60. The first-order valence-corrected chi connectivity index (χ1v) is 9.93. The molecule has 0 unspecified atom stereocenters. The van der Waals surface area contributed by atoms with E-state index in [4.69, 9.17) is 4.84 Å². The Kier molecular flexibility index (Phi) is 5.45. The molecule has 1 aromatic carbocycles. The van der Waals surface area contributed by atoms with Crippen molar-refractivity contribution in [2.75, 3.05) is 24.8 Å². The van der Waals surface area contributed by atoms with Gasteiger partial charge in [-0.3, -0.25) is 9.63 Å². The van der Waals surface area contributed by atoms with Gasteiger partial charge in [0.15, 0.2) is 5.82 Å². The molecule has 3 heterocycles. The number of aromatic nitrogens is 5. The van der Waals surface area contributed by atoms with Crippen LogP contribution in [-0.2, 0) is 4.84 Å². The minimum absolute atomic E-state index is 0.0704. The van der Waals surface area contributed by atoms with E-state index in [-0.39, 0.29) is 11.9 Å². The molecule has 4 rings (SSSR count). The van der Waals surface area contributed by atoms with Crippen molar-refractivity contribution in [3.63, 3.8) is 0 Å². The summed E-state index contributed by atoms with van der Waals surface area (Å²) in [5.74, 6) is 1.33. The molecule has 9 nitrogen and oxygen atoms in total. The number of amides is 1. The van der Waals surface area contributed by atoms with Gasteiger partial charge < -0.3 is 4.90 Å². The van der Waals surface area contributed by atoms with E-state index in [9.17, 15) is 4.79 Å². The molecule has 9 heteroatoms. The smallest absolute Gasteiger partial charge is 0.256 e. The number of anilines is 1. The molecule has 0 spiro atoms. The minimum Gasteiger partial charge on any atom is -0.332 e. The maximum atomic E-state index is 13.5. The number of hydrogen-bond acceptors (Lipinski definition) is 7. The quantitative estimate of drug-likeness (QED) is 0.658. The molecule has 2 aromatic heterocycles. The average Bonchev–Trinajstić information content (AvgIpc) is 3.16. The standard InChI is InChI=1S/C21H25N7O2/c1-14-5-6-19(28-22-7-8-23-28)18(11-14)21(29)26-9-10-27(30-13-16(26)3)20-12-15(2)24-17(4)25-20/h5-8,11-12,16H,9-10,13H2,1-4H3/t16-/m1/s1. The Labute approximate surface area is 175 Å². The fourth-order valence-electron chi connectivity index (χ4n) is 3.57. The molecule has 156 valence electrons. The second kappa shape index (κ2) is 8.19. The highest BCUT2D eigenvalue weighted by Crippen LogP contribution is 2.22. The molecule has 0 aliphatic carbocycles. The van der Waals surface area contributed by atoms with Crippen LogP contribution >= 0.6 is 0 Å². The maximum absolute atomic E-state index is 13.5. The fourth-order valence-corrected chi connectivity index (χ4v) is 3.57. The topological polar surface area (TPSA) is 89.3 Å². The van der Waals surface area contributed by atoms with Gasteiger partial charge in [-0.15, -0.1) is 0 Å². The Bertz CT molecular complexity index is 1030. The minimum atomic E-state index is -0.106. The zero-order valence-electron chi connectivity index (χ0n) is 17.6. The average molecular weight is 407 g/mol. The predicted octanol–water partition coefficient (Wildman–Crippen LogP) is 2.27. The van der Waals surface area contributed by atoms with E-state index in [1.54, 1.807) is 17.5 Å². The lowest BCUT2D eigenvalue weighted by atomic mass is 10.1. The van der Waals surface area contributed by atoms with Crippen molar-refractivity contribution >= 4 is 11.7 Å². The van der Waals surface area contributed by atoms with E-state index < -0.39 is 0 Å². The lowest BCUT2D eigenvalue weighted by Crippen LogP contribution is -2.41. The molecular formula is C21H25N7O2. The largest absolute Gasteiger partial charge is 0.332 e. The second-order valence-electron chi connectivity index (χ2n) is 7.50. The van der Waals surface area contributed by atoms with E-state index in [1.807, 2.05) is 56.9 Å². The Morgan fingerprint density at radius 1 is 1.07 bits per heavy atom. The third-order valence-corrected chi connectivity index (χ3v) is 5.03. The molecule has 0 saturated carbocycles. The molecule has 1 fully saturated rings. The fraction of sp³-hybridized carbons (Fsp3) is 0.381. The van der Waals surface area contributed by atoms with Crippen LogP contribution in [0.1, 0.15) is 34.4 Å².